The number of halogens is 3. The lowest BCUT2D eigenvalue weighted by molar-refractivity contribution is 0.102. The molecule has 4 nitrogen and oxygen atoms in total. The Balaban J connectivity index is 2.32. The molecule has 0 saturated carbocycles. The smallest absolute Gasteiger partial charge is 0.259 e. The number of hydrogen-bond donors (Lipinski definition) is 2. The number of amides is 1. The van der Waals surface area contributed by atoms with Crippen LogP contribution in [-0.4, -0.2) is 17.4 Å². The number of anilines is 2. The lowest BCUT2D eigenvalue weighted by atomic mass is 10.2. The maximum absolute atomic E-state index is 13.3. The number of carbonyl (C=O) groups excluding carboxylic acids is 1. The maximum Gasteiger partial charge on any atom is 0.259 e. The number of carbonyl (C=O) groups is 1. The Bertz CT molecular complexity index is 679. The van der Waals surface area contributed by atoms with E-state index in [0.717, 1.165) is 12.3 Å². The van der Waals surface area contributed by atoms with Crippen LogP contribution in [0.25, 0.3) is 0 Å². The van der Waals surface area contributed by atoms with E-state index in [9.17, 15) is 9.18 Å². The van der Waals surface area contributed by atoms with Crippen molar-refractivity contribution in [2.75, 3.05) is 17.2 Å². The highest BCUT2D eigenvalue weighted by molar-refractivity contribution is 6.44. The zero-order chi connectivity index (χ0) is 15.4. The van der Waals surface area contributed by atoms with E-state index < -0.39 is 11.7 Å². The summed E-state index contributed by atoms with van der Waals surface area (Å²) in [4.78, 5) is 16.1. The Kier molecular flexibility index (Phi) is 4.98. The van der Waals surface area contributed by atoms with Crippen LogP contribution in [0.15, 0.2) is 30.5 Å². The molecule has 0 aliphatic carbocycles. The Hall–Kier alpha value is -1.85. The summed E-state index contributed by atoms with van der Waals surface area (Å²) in [6.45, 7) is 2.40. The molecular weight excluding hydrogens is 316 g/mol. The highest BCUT2D eigenvalue weighted by Crippen LogP contribution is 2.30. The van der Waals surface area contributed by atoms with E-state index in [1.807, 2.05) is 6.92 Å². The minimum Gasteiger partial charge on any atom is -0.370 e. The number of nitrogens with zero attached hydrogens (tertiary/aromatic N) is 1. The van der Waals surface area contributed by atoms with Crippen LogP contribution in [-0.2, 0) is 0 Å². The minimum atomic E-state index is -0.598. The molecule has 1 heterocycles. The Morgan fingerprint density at radius 1 is 1.38 bits per heavy atom. The van der Waals surface area contributed by atoms with Crippen molar-refractivity contribution in [2.45, 2.75) is 6.92 Å². The van der Waals surface area contributed by atoms with E-state index in [4.69, 9.17) is 23.2 Å². The van der Waals surface area contributed by atoms with Gasteiger partial charge in [0.25, 0.3) is 5.91 Å². The summed E-state index contributed by atoms with van der Waals surface area (Å²) in [6, 6.07) is 5.97. The predicted molar refractivity (Wildman–Crippen MR) is 82.8 cm³/mol. The number of aromatic nitrogens is 1. The molecule has 7 heteroatoms. The van der Waals surface area contributed by atoms with Gasteiger partial charge in [0.2, 0.25) is 0 Å². The predicted octanol–water partition coefficient (Wildman–Crippen LogP) is 4.21. The molecule has 1 amide bonds. The van der Waals surface area contributed by atoms with Crippen molar-refractivity contribution in [2.24, 2.45) is 0 Å². The van der Waals surface area contributed by atoms with Crippen LogP contribution in [0, 0.1) is 5.82 Å². The molecule has 21 heavy (non-hydrogen) atoms. The third-order valence-electron chi connectivity index (χ3n) is 2.64. The van der Waals surface area contributed by atoms with Gasteiger partial charge in [-0.15, -0.1) is 0 Å². The van der Waals surface area contributed by atoms with Gasteiger partial charge in [0.15, 0.2) is 0 Å². The molecule has 0 radical (unpaired) electrons. The first-order chi connectivity index (χ1) is 10.0. The number of benzene rings is 1. The first-order valence-corrected chi connectivity index (χ1v) is 6.93. The summed E-state index contributed by atoms with van der Waals surface area (Å²) in [5.74, 6) is -0.823. The molecule has 110 valence electrons. The van der Waals surface area contributed by atoms with Crippen LogP contribution in [0.2, 0.25) is 10.0 Å². The zero-order valence-corrected chi connectivity index (χ0v) is 12.6. The molecule has 2 N–H and O–H groups in total. The highest BCUT2D eigenvalue weighted by Gasteiger charge is 2.15. The van der Waals surface area contributed by atoms with E-state index >= 15 is 0 Å². The zero-order valence-electron chi connectivity index (χ0n) is 11.1. The Labute approximate surface area is 131 Å². The van der Waals surface area contributed by atoms with Gasteiger partial charge in [0, 0.05) is 6.54 Å². The normalized spacial score (nSPS) is 10.3. The van der Waals surface area contributed by atoms with Gasteiger partial charge in [-0.05, 0) is 25.1 Å². The fourth-order valence-corrected chi connectivity index (χ4v) is 2.06. The van der Waals surface area contributed by atoms with Gasteiger partial charge >= 0.3 is 0 Å². The van der Waals surface area contributed by atoms with Crippen molar-refractivity contribution in [3.63, 3.8) is 0 Å². The molecule has 1 aromatic heterocycles. The molecule has 2 rings (SSSR count). The highest BCUT2D eigenvalue weighted by atomic mass is 35.5. The largest absolute Gasteiger partial charge is 0.370 e. The number of rotatable bonds is 4. The van der Waals surface area contributed by atoms with E-state index in [2.05, 4.69) is 15.6 Å². The Morgan fingerprint density at radius 3 is 2.86 bits per heavy atom. The van der Waals surface area contributed by atoms with Crippen LogP contribution in [0.1, 0.15) is 17.3 Å². The summed E-state index contributed by atoms with van der Waals surface area (Å²) in [6.07, 6.45) is 1.04. The molecule has 0 atom stereocenters. The number of pyridine rings is 1. The van der Waals surface area contributed by atoms with Crippen LogP contribution >= 0.6 is 23.2 Å². The molecule has 0 aliphatic rings. The van der Waals surface area contributed by atoms with E-state index in [0.29, 0.717) is 23.1 Å². The molecule has 0 bridgehead atoms. The van der Waals surface area contributed by atoms with Gasteiger partial charge in [0.05, 0.1) is 27.5 Å². The van der Waals surface area contributed by atoms with Gasteiger partial charge in [-0.1, -0.05) is 29.3 Å². The van der Waals surface area contributed by atoms with Gasteiger partial charge in [-0.2, -0.15) is 0 Å². The fourth-order valence-electron chi connectivity index (χ4n) is 1.71. The topological polar surface area (TPSA) is 54.0 Å². The average molecular weight is 328 g/mol. The quantitative estimate of drug-likeness (QED) is 0.884. The molecule has 0 spiro atoms. The Morgan fingerprint density at radius 2 is 2.14 bits per heavy atom. The van der Waals surface area contributed by atoms with Crippen molar-refractivity contribution in [1.82, 2.24) is 4.98 Å². The average Bonchev–Trinajstić information content (AvgIpc) is 2.46. The first-order valence-electron chi connectivity index (χ1n) is 6.17. The van der Waals surface area contributed by atoms with E-state index in [1.54, 1.807) is 18.2 Å². The van der Waals surface area contributed by atoms with Gasteiger partial charge < -0.3 is 10.6 Å². The van der Waals surface area contributed by atoms with Gasteiger partial charge in [0.1, 0.15) is 11.6 Å². The van der Waals surface area contributed by atoms with Crippen LogP contribution in [0.4, 0.5) is 15.9 Å². The molecule has 2 aromatic rings. The number of hydrogen-bond acceptors (Lipinski definition) is 3. The molecular formula is C14H12Cl2FN3O. The van der Waals surface area contributed by atoms with E-state index in [-0.39, 0.29) is 10.6 Å². The van der Waals surface area contributed by atoms with Crippen molar-refractivity contribution >= 4 is 40.6 Å². The first kappa shape index (κ1) is 15.5. The summed E-state index contributed by atoms with van der Waals surface area (Å²) in [5.41, 5.74) is 0.439. The van der Waals surface area contributed by atoms with Crippen molar-refractivity contribution in [3.8, 4) is 0 Å². The van der Waals surface area contributed by atoms with Gasteiger partial charge in [-0.3, -0.25) is 4.79 Å². The monoisotopic (exact) mass is 327 g/mol. The summed E-state index contributed by atoms with van der Waals surface area (Å²) in [7, 11) is 0. The summed E-state index contributed by atoms with van der Waals surface area (Å²) >= 11 is 11.9. The standard InChI is InChI=1S/C14H12Cl2FN3O/c1-2-18-13-9(6-8(17)7-19-13)14(21)20-11-5-3-4-10(15)12(11)16/h3-7H,2H2,1H3,(H,18,19)(H,20,21). The van der Waals surface area contributed by atoms with Crippen molar-refractivity contribution < 1.29 is 9.18 Å². The lowest BCUT2D eigenvalue weighted by Gasteiger charge is -2.11. The maximum atomic E-state index is 13.3. The van der Waals surface area contributed by atoms with Crippen molar-refractivity contribution in [3.05, 3.63) is 51.9 Å². The second-order valence-electron chi connectivity index (χ2n) is 4.14. The lowest BCUT2D eigenvalue weighted by Crippen LogP contribution is -2.16. The molecule has 0 saturated heterocycles. The molecule has 0 unspecified atom stereocenters. The molecule has 1 aromatic carbocycles. The van der Waals surface area contributed by atoms with Crippen molar-refractivity contribution in [1.29, 1.82) is 0 Å². The third-order valence-corrected chi connectivity index (χ3v) is 3.46. The summed E-state index contributed by atoms with van der Waals surface area (Å²) < 4.78 is 13.3. The summed E-state index contributed by atoms with van der Waals surface area (Å²) in [5, 5.41) is 6.03. The minimum absolute atomic E-state index is 0.0906. The molecule has 0 aliphatic heterocycles. The number of nitrogens with one attached hydrogen (secondary N) is 2. The molecule has 0 fully saturated rings. The third kappa shape index (κ3) is 3.62. The van der Waals surface area contributed by atoms with Crippen LogP contribution in [0.3, 0.4) is 0 Å². The van der Waals surface area contributed by atoms with Gasteiger partial charge in [-0.25, -0.2) is 9.37 Å². The van der Waals surface area contributed by atoms with E-state index in [1.165, 1.54) is 0 Å². The SMILES string of the molecule is CCNc1ncc(F)cc1C(=O)Nc1cccc(Cl)c1Cl. The second-order valence-corrected chi connectivity index (χ2v) is 4.92. The fraction of sp³-hybridized carbons (Fsp3) is 0.143. The van der Waals surface area contributed by atoms with Crippen LogP contribution in [0.5, 0.6) is 0 Å². The second kappa shape index (κ2) is 6.74. The van der Waals surface area contributed by atoms with Crippen LogP contribution < -0.4 is 10.6 Å².